The van der Waals surface area contributed by atoms with Gasteiger partial charge in [-0.2, -0.15) is 0 Å². The van der Waals surface area contributed by atoms with E-state index in [0.717, 1.165) is 71.3 Å². The summed E-state index contributed by atoms with van der Waals surface area (Å²) in [7, 11) is 0. The van der Waals surface area contributed by atoms with E-state index in [1.165, 1.54) is 11.1 Å². The van der Waals surface area contributed by atoms with Crippen LogP contribution < -0.4 is 10.6 Å². The van der Waals surface area contributed by atoms with Crippen LogP contribution >= 0.6 is 24.0 Å². The molecule has 0 atom stereocenters. The summed E-state index contributed by atoms with van der Waals surface area (Å²) in [5, 5.41) is 6.63. The fraction of sp³-hybridized carbons (Fsp3) is 0.696. The number of benzene rings is 1. The van der Waals surface area contributed by atoms with Crippen LogP contribution in [0.4, 0.5) is 0 Å². The van der Waals surface area contributed by atoms with E-state index in [2.05, 4.69) is 53.6 Å². The molecule has 1 heterocycles. The molecule has 1 saturated heterocycles. The van der Waals surface area contributed by atoms with Crippen molar-refractivity contribution in [1.82, 2.24) is 15.5 Å². The summed E-state index contributed by atoms with van der Waals surface area (Å²) < 4.78 is 16.5. The van der Waals surface area contributed by atoms with E-state index in [9.17, 15) is 0 Å². The lowest BCUT2D eigenvalue weighted by Gasteiger charge is -2.26. The highest BCUT2D eigenvalue weighted by Gasteiger charge is 2.10. The molecule has 0 spiro atoms. The van der Waals surface area contributed by atoms with Gasteiger partial charge in [0.15, 0.2) is 5.96 Å². The highest BCUT2D eigenvalue weighted by Crippen LogP contribution is 2.10. The van der Waals surface area contributed by atoms with E-state index >= 15 is 0 Å². The largest absolute Gasteiger partial charge is 0.379 e. The molecule has 0 bridgehead atoms. The Morgan fingerprint density at radius 2 is 1.77 bits per heavy atom. The first-order chi connectivity index (χ1) is 14.8. The SMILES string of the molecule is CCCCOCCOCCNC(=NCc1cccc(CN2CCOCC2)c1)NCC.I. The van der Waals surface area contributed by atoms with Crippen molar-refractivity contribution in [2.75, 3.05) is 65.8 Å². The minimum atomic E-state index is 0. The Kier molecular flexibility index (Phi) is 16.9. The summed E-state index contributed by atoms with van der Waals surface area (Å²) in [6, 6.07) is 8.70. The van der Waals surface area contributed by atoms with Crippen molar-refractivity contribution in [3.05, 3.63) is 35.4 Å². The molecule has 0 radical (unpaired) electrons. The van der Waals surface area contributed by atoms with Gasteiger partial charge in [0.2, 0.25) is 0 Å². The molecule has 31 heavy (non-hydrogen) atoms. The van der Waals surface area contributed by atoms with Crippen molar-refractivity contribution in [3.63, 3.8) is 0 Å². The first kappa shape index (κ1) is 28.1. The van der Waals surface area contributed by atoms with Crippen molar-refractivity contribution in [1.29, 1.82) is 0 Å². The maximum Gasteiger partial charge on any atom is 0.191 e. The number of hydrogen-bond donors (Lipinski definition) is 2. The second-order valence-electron chi connectivity index (χ2n) is 7.41. The highest BCUT2D eigenvalue weighted by molar-refractivity contribution is 14.0. The quantitative estimate of drug-likeness (QED) is 0.161. The highest BCUT2D eigenvalue weighted by atomic mass is 127. The van der Waals surface area contributed by atoms with Crippen molar-refractivity contribution >= 4 is 29.9 Å². The zero-order valence-corrected chi connectivity index (χ0v) is 21.6. The predicted molar refractivity (Wildman–Crippen MR) is 137 cm³/mol. The monoisotopic (exact) mass is 548 g/mol. The normalized spacial score (nSPS) is 14.8. The second-order valence-corrected chi connectivity index (χ2v) is 7.41. The van der Waals surface area contributed by atoms with Gasteiger partial charge in [-0.25, -0.2) is 4.99 Å². The number of halogens is 1. The molecule has 2 rings (SSSR count). The van der Waals surface area contributed by atoms with Crippen LogP contribution in [0.2, 0.25) is 0 Å². The number of nitrogens with zero attached hydrogens (tertiary/aromatic N) is 2. The van der Waals surface area contributed by atoms with Gasteiger partial charge in [0, 0.05) is 39.3 Å². The van der Waals surface area contributed by atoms with Gasteiger partial charge in [-0.1, -0.05) is 37.6 Å². The van der Waals surface area contributed by atoms with Crippen LogP contribution in [0.5, 0.6) is 0 Å². The molecule has 0 aromatic heterocycles. The number of aliphatic imine (C=N–C) groups is 1. The summed E-state index contributed by atoms with van der Waals surface area (Å²) in [5.41, 5.74) is 2.55. The van der Waals surface area contributed by atoms with Gasteiger partial charge >= 0.3 is 0 Å². The van der Waals surface area contributed by atoms with Crippen LogP contribution in [0.15, 0.2) is 29.3 Å². The Labute approximate surface area is 205 Å². The Morgan fingerprint density at radius 3 is 2.52 bits per heavy atom. The Morgan fingerprint density at radius 1 is 1.03 bits per heavy atom. The summed E-state index contributed by atoms with van der Waals surface area (Å²) >= 11 is 0. The van der Waals surface area contributed by atoms with E-state index in [-0.39, 0.29) is 24.0 Å². The van der Waals surface area contributed by atoms with Crippen LogP contribution in [-0.4, -0.2) is 76.7 Å². The van der Waals surface area contributed by atoms with Crippen molar-refractivity contribution in [2.45, 2.75) is 39.8 Å². The molecule has 0 unspecified atom stereocenters. The van der Waals surface area contributed by atoms with Gasteiger partial charge in [0.1, 0.15) is 0 Å². The number of unbranched alkanes of at least 4 members (excludes halogenated alkanes) is 1. The van der Waals surface area contributed by atoms with E-state index in [1.54, 1.807) is 0 Å². The van der Waals surface area contributed by atoms with Gasteiger partial charge < -0.3 is 24.8 Å². The Bertz CT molecular complexity index is 598. The van der Waals surface area contributed by atoms with Crippen LogP contribution in [0, 0.1) is 0 Å². The smallest absolute Gasteiger partial charge is 0.191 e. The minimum Gasteiger partial charge on any atom is -0.379 e. The lowest BCUT2D eigenvalue weighted by Crippen LogP contribution is -2.39. The van der Waals surface area contributed by atoms with Gasteiger partial charge in [-0.05, 0) is 24.5 Å². The summed E-state index contributed by atoms with van der Waals surface area (Å²) in [5.74, 6) is 0.818. The number of hydrogen-bond acceptors (Lipinski definition) is 5. The topological polar surface area (TPSA) is 67.4 Å². The summed E-state index contributed by atoms with van der Waals surface area (Å²) in [6.45, 7) is 13.8. The second kappa shape index (κ2) is 18.6. The molecule has 1 aromatic carbocycles. The van der Waals surface area contributed by atoms with Gasteiger partial charge in [-0.3, -0.25) is 4.90 Å². The predicted octanol–water partition coefficient (Wildman–Crippen LogP) is 3.03. The fourth-order valence-corrected chi connectivity index (χ4v) is 3.17. The molecule has 1 fully saturated rings. The average Bonchev–Trinajstić information content (AvgIpc) is 2.77. The Hall–Kier alpha value is -0.940. The standard InChI is InChI=1S/C23H40N4O3.HI/c1-3-5-12-28-16-17-29-13-9-25-23(24-4-2)26-19-21-7-6-8-22(18-21)20-27-10-14-30-15-11-27;/h6-8,18H,3-5,9-17,19-20H2,1-2H3,(H2,24,25,26);1H. The lowest BCUT2D eigenvalue weighted by molar-refractivity contribution is 0.0342. The third-order valence-electron chi connectivity index (χ3n) is 4.82. The van der Waals surface area contributed by atoms with Gasteiger partial charge in [0.25, 0.3) is 0 Å². The fourth-order valence-electron chi connectivity index (χ4n) is 3.17. The Balaban J connectivity index is 0.00000480. The van der Waals surface area contributed by atoms with Crippen LogP contribution in [0.3, 0.4) is 0 Å². The van der Waals surface area contributed by atoms with E-state index in [0.29, 0.717) is 26.4 Å². The minimum absolute atomic E-state index is 0. The number of ether oxygens (including phenoxy) is 3. The number of nitrogens with one attached hydrogen (secondary N) is 2. The maximum atomic E-state index is 5.61. The molecule has 178 valence electrons. The molecule has 0 amide bonds. The third kappa shape index (κ3) is 13.3. The van der Waals surface area contributed by atoms with Crippen molar-refractivity contribution in [2.24, 2.45) is 4.99 Å². The maximum absolute atomic E-state index is 5.61. The van der Waals surface area contributed by atoms with Crippen LogP contribution in [0.1, 0.15) is 37.8 Å². The molecule has 0 saturated carbocycles. The molecule has 1 aromatic rings. The van der Waals surface area contributed by atoms with Gasteiger partial charge in [0.05, 0.1) is 39.6 Å². The first-order valence-electron chi connectivity index (χ1n) is 11.4. The van der Waals surface area contributed by atoms with Crippen molar-refractivity contribution < 1.29 is 14.2 Å². The molecule has 1 aliphatic rings. The molecule has 7 nitrogen and oxygen atoms in total. The van der Waals surface area contributed by atoms with Crippen molar-refractivity contribution in [3.8, 4) is 0 Å². The molecule has 1 aliphatic heterocycles. The van der Waals surface area contributed by atoms with E-state index in [1.807, 2.05) is 0 Å². The molecule has 8 heteroatoms. The first-order valence-corrected chi connectivity index (χ1v) is 11.4. The van der Waals surface area contributed by atoms with Crippen LogP contribution in [0.25, 0.3) is 0 Å². The molecular formula is C23H41IN4O3. The number of rotatable bonds is 14. The third-order valence-corrected chi connectivity index (χ3v) is 4.82. The zero-order chi connectivity index (χ0) is 21.3. The lowest BCUT2D eigenvalue weighted by atomic mass is 10.1. The summed E-state index contributed by atoms with van der Waals surface area (Å²) in [4.78, 5) is 7.16. The van der Waals surface area contributed by atoms with E-state index < -0.39 is 0 Å². The van der Waals surface area contributed by atoms with Crippen LogP contribution in [-0.2, 0) is 27.3 Å². The average molecular weight is 549 g/mol. The molecule has 2 N–H and O–H groups in total. The van der Waals surface area contributed by atoms with Gasteiger partial charge in [-0.15, -0.1) is 24.0 Å². The molecule has 0 aliphatic carbocycles. The number of morpholine rings is 1. The van der Waals surface area contributed by atoms with E-state index in [4.69, 9.17) is 19.2 Å². The zero-order valence-electron chi connectivity index (χ0n) is 19.2. The number of guanidine groups is 1. The molecular weight excluding hydrogens is 507 g/mol. The summed E-state index contributed by atoms with van der Waals surface area (Å²) in [6.07, 6.45) is 2.27.